The number of carbonyl (C=O) groups is 1. The number of nitrogens with zero attached hydrogens (tertiary/aromatic N) is 3. The van der Waals surface area contributed by atoms with E-state index in [4.69, 9.17) is 0 Å². The van der Waals surface area contributed by atoms with Gasteiger partial charge in [-0.1, -0.05) is 37.3 Å². The van der Waals surface area contributed by atoms with Crippen molar-refractivity contribution in [2.75, 3.05) is 19.6 Å². The predicted molar refractivity (Wildman–Crippen MR) is 103 cm³/mol. The second kappa shape index (κ2) is 8.21. The summed E-state index contributed by atoms with van der Waals surface area (Å²) in [6, 6.07) is 13.1. The van der Waals surface area contributed by atoms with Crippen molar-refractivity contribution in [3.8, 4) is 0 Å². The molecule has 2 aromatic rings. The Kier molecular flexibility index (Phi) is 5.52. The van der Waals surface area contributed by atoms with Crippen LogP contribution in [0.25, 0.3) is 0 Å². The van der Waals surface area contributed by atoms with Crippen LogP contribution in [0.4, 0.5) is 0 Å². The number of amides is 1. The Morgan fingerprint density at radius 2 is 2.15 bits per heavy atom. The summed E-state index contributed by atoms with van der Waals surface area (Å²) >= 11 is 0. The number of nitrogens with one attached hydrogen (secondary N) is 3. The molecule has 1 aromatic carbocycles. The second-order valence-corrected chi connectivity index (χ2v) is 7.39. The summed E-state index contributed by atoms with van der Waals surface area (Å²) in [5, 5.41) is 7.54. The largest absolute Gasteiger partial charge is 0.350 e. The fraction of sp³-hybridized carbons (Fsp3) is 0.500. The lowest BCUT2D eigenvalue weighted by Gasteiger charge is -2.31. The maximum absolute atomic E-state index is 11.5. The smallest absolute Gasteiger partial charge is 0.220 e. The Bertz CT molecular complexity index is 774. The Balaban J connectivity index is 1.37. The van der Waals surface area contributed by atoms with Crippen LogP contribution in [0.3, 0.4) is 0 Å². The number of aromatic nitrogens is 2. The molecule has 1 aromatic heterocycles. The minimum absolute atomic E-state index is 0.0655. The lowest BCUT2D eigenvalue weighted by Crippen LogP contribution is -2.38. The summed E-state index contributed by atoms with van der Waals surface area (Å²) in [5.74, 6) is 0.598. The molecule has 3 N–H and O–H groups in total. The maximum Gasteiger partial charge on any atom is 0.220 e. The summed E-state index contributed by atoms with van der Waals surface area (Å²) < 4.78 is 2.09. The molecule has 1 saturated heterocycles. The Morgan fingerprint density at radius 3 is 2.96 bits per heavy atom. The second-order valence-electron chi connectivity index (χ2n) is 7.39. The quantitative estimate of drug-likeness (QED) is 0.714. The molecular weight excluding hydrogens is 340 g/mol. The molecule has 3 heterocycles. The molecule has 0 radical (unpaired) electrons. The first-order valence-corrected chi connectivity index (χ1v) is 9.81. The molecule has 27 heavy (non-hydrogen) atoms. The van der Waals surface area contributed by atoms with E-state index in [0.717, 1.165) is 38.4 Å². The van der Waals surface area contributed by atoms with Gasteiger partial charge in [-0.15, -0.1) is 0 Å². The zero-order valence-electron chi connectivity index (χ0n) is 15.8. The molecule has 0 bridgehead atoms. The molecule has 7 nitrogen and oxygen atoms in total. The molecule has 4 rings (SSSR count). The maximum atomic E-state index is 11.5. The van der Waals surface area contributed by atoms with Crippen molar-refractivity contribution < 1.29 is 4.79 Å². The van der Waals surface area contributed by atoms with Crippen molar-refractivity contribution in [3.63, 3.8) is 0 Å². The Hall–Kier alpha value is -2.22. The summed E-state index contributed by atoms with van der Waals surface area (Å²) in [6.07, 6.45) is 0.507. The van der Waals surface area contributed by atoms with Crippen molar-refractivity contribution >= 4 is 5.91 Å². The zero-order chi connectivity index (χ0) is 18.6. The highest BCUT2D eigenvalue weighted by atomic mass is 16.1. The number of hydrogen-bond acceptors (Lipinski definition) is 5. The number of fused-ring (bicyclic) bond motifs is 1. The number of hydrogen-bond donors (Lipinski definition) is 3. The first kappa shape index (κ1) is 18.2. The van der Waals surface area contributed by atoms with Gasteiger partial charge in [0.1, 0.15) is 0 Å². The van der Waals surface area contributed by atoms with E-state index in [9.17, 15) is 4.79 Å². The first-order valence-electron chi connectivity index (χ1n) is 9.81. The lowest BCUT2D eigenvalue weighted by molar-refractivity contribution is -0.120. The highest BCUT2D eigenvalue weighted by Crippen LogP contribution is 2.26. The van der Waals surface area contributed by atoms with Gasteiger partial charge in [0.2, 0.25) is 5.91 Å². The van der Waals surface area contributed by atoms with Gasteiger partial charge >= 0.3 is 0 Å². The van der Waals surface area contributed by atoms with E-state index >= 15 is 0 Å². The van der Waals surface area contributed by atoms with Crippen LogP contribution in [-0.2, 0) is 24.4 Å². The highest BCUT2D eigenvalue weighted by Gasteiger charge is 2.31. The molecule has 0 aliphatic carbocycles. The topological polar surface area (TPSA) is 74.2 Å². The molecule has 7 heteroatoms. The van der Waals surface area contributed by atoms with Crippen LogP contribution in [0, 0.1) is 5.92 Å². The van der Waals surface area contributed by atoms with Crippen LogP contribution < -0.4 is 16.2 Å². The van der Waals surface area contributed by atoms with E-state index in [1.54, 1.807) is 0 Å². The van der Waals surface area contributed by atoms with Crippen molar-refractivity contribution in [1.82, 2.24) is 30.8 Å². The highest BCUT2D eigenvalue weighted by molar-refractivity contribution is 5.75. The molecule has 0 spiro atoms. The fourth-order valence-corrected chi connectivity index (χ4v) is 3.99. The van der Waals surface area contributed by atoms with Gasteiger partial charge < -0.3 is 5.32 Å². The van der Waals surface area contributed by atoms with Gasteiger partial charge in [-0.2, -0.15) is 5.10 Å². The zero-order valence-corrected chi connectivity index (χ0v) is 15.8. The molecule has 2 aliphatic heterocycles. The van der Waals surface area contributed by atoms with Crippen molar-refractivity contribution in [3.05, 3.63) is 53.3 Å². The van der Waals surface area contributed by atoms with Crippen LogP contribution in [0.1, 0.15) is 36.3 Å². The average Bonchev–Trinajstić information content (AvgIpc) is 3.33. The molecular formula is C20H28N6O. The summed E-state index contributed by atoms with van der Waals surface area (Å²) in [5.41, 5.74) is 10.3. The van der Waals surface area contributed by atoms with Crippen molar-refractivity contribution in [2.24, 2.45) is 5.92 Å². The minimum atomic E-state index is 0.0655. The van der Waals surface area contributed by atoms with Crippen LogP contribution in [0.2, 0.25) is 0 Å². The molecule has 2 aliphatic rings. The summed E-state index contributed by atoms with van der Waals surface area (Å²) in [7, 11) is 0. The van der Waals surface area contributed by atoms with Gasteiger partial charge in [0, 0.05) is 38.5 Å². The monoisotopic (exact) mass is 368 g/mol. The van der Waals surface area contributed by atoms with Crippen LogP contribution in [0.5, 0.6) is 0 Å². The number of hydrazine groups is 1. The number of benzene rings is 1. The van der Waals surface area contributed by atoms with E-state index in [-0.39, 0.29) is 5.91 Å². The van der Waals surface area contributed by atoms with Gasteiger partial charge in [-0.05, 0) is 11.6 Å². The first-order chi connectivity index (χ1) is 13.2. The van der Waals surface area contributed by atoms with Crippen molar-refractivity contribution in [1.29, 1.82) is 0 Å². The van der Waals surface area contributed by atoms with E-state index in [2.05, 4.69) is 67.2 Å². The molecule has 2 atom stereocenters. The molecule has 0 saturated carbocycles. The molecule has 144 valence electrons. The molecule has 2 unspecified atom stereocenters. The van der Waals surface area contributed by atoms with Gasteiger partial charge in [-0.25, -0.2) is 5.43 Å². The normalized spacial score (nSPS) is 22.6. The van der Waals surface area contributed by atoms with E-state index < -0.39 is 0 Å². The van der Waals surface area contributed by atoms with Gasteiger partial charge in [0.15, 0.2) is 0 Å². The van der Waals surface area contributed by atoms with Gasteiger partial charge in [0.25, 0.3) is 0 Å². The number of rotatable bonds is 6. The van der Waals surface area contributed by atoms with E-state index in [0.29, 0.717) is 24.9 Å². The third-order valence-electron chi connectivity index (χ3n) is 5.46. The molecule has 1 fully saturated rings. The third-order valence-corrected chi connectivity index (χ3v) is 5.46. The lowest BCUT2D eigenvalue weighted by atomic mass is 9.94. The predicted octanol–water partition coefficient (Wildman–Crippen LogP) is 1.19. The third kappa shape index (κ3) is 4.21. The standard InChI is InChI=1S/C20H28N6O/c1-2-19(27)21-12-17-10-18-14-25(8-9-26(18)24-17)13-16-11-22-23-20(16)15-6-4-3-5-7-15/h3-7,10,16,20,22-23H,2,8-9,11-14H2,1H3,(H,21,27). The van der Waals surface area contributed by atoms with Crippen LogP contribution in [0.15, 0.2) is 36.4 Å². The molecule has 1 amide bonds. The minimum Gasteiger partial charge on any atom is -0.350 e. The van der Waals surface area contributed by atoms with Crippen LogP contribution in [-0.4, -0.2) is 40.2 Å². The Labute approximate surface area is 160 Å². The van der Waals surface area contributed by atoms with Crippen molar-refractivity contribution in [2.45, 2.75) is 39.0 Å². The van der Waals surface area contributed by atoms with Gasteiger partial charge in [0.05, 0.1) is 30.5 Å². The van der Waals surface area contributed by atoms with Crippen LogP contribution >= 0.6 is 0 Å². The van der Waals surface area contributed by atoms with E-state index in [1.807, 2.05) is 6.92 Å². The number of carbonyl (C=O) groups excluding carboxylic acids is 1. The Morgan fingerprint density at radius 1 is 1.30 bits per heavy atom. The van der Waals surface area contributed by atoms with E-state index in [1.165, 1.54) is 11.3 Å². The van der Waals surface area contributed by atoms with Gasteiger partial charge in [-0.3, -0.25) is 19.8 Å². The average molecular weight is 368 g/mol. The fourth-order valence-electron chi connectivity index (χ4n) is 3.99. The summed E-state index contributed by atoms with van der Waals surface area (Å²) in [6.45, 7) is 7.22. The SMILES string of the molecule is CCC(=O)NCc1cc2n(n1)CCN(CC1CNNC1c1ccccc1)C2. The summed E-state index contributed by atoms with van der Waals surface area (Å²) in [4.78, 5) is 14.0.